The fourth-order valence-corrected chi connectivity index (χ4v) is 4.60. The van der Waals surface area contributed by atoms with Crippen LogP contribution in [0.1, 0.15) is 18.4 Å². The van der Waals surface area contributed by atoms with Crippen molar-refractivity contribution in [3.63, 3.8) is 0 Å². The highest BCUT2D eigenvalue weighted by Gasteiger charge is 2.28. The second-order valence-corrected chi connectivity index (χ2v) is 9.26. The molecule has 1 aromatic carbocycles. The Bertz CT molecular complexity index is 912. The van der Waals surface area contributed by atoms with Gasteiger partial charge in [0.05, 0.1) is 7.11 Å². The Balaban J connectivity index is 1.54. The lowest BCUT2D eigenvalue weighted by Crippen LogP contribution is -2.54. The Morgan fingerprint density at radius 2 is 1.44 bits per heavy atom. The number of phenols is 1. The summed E-state index contributed by atoms with van der Waals surface area (Å²) in [6, 6.07) is 5.14. The number of nitrogens with two attached hydrogens (primary N) is 4. The highest BCUT2D eigenvalue weighted by Crippen LogP contribution is 2.26. The number of aromatic nitrogens is 3. The van der Waals surface area contributed by atoms with Gasteiger partial charge in [-0.25, -0.2) is 0 Å². The molecule has 0 saturated carbocycles. The van der Waals surface area contributed by atoms with Gasteiger partial charge in [-0.3, -0.25) is 0 Å². The van der Waals surface area contributed by atoms with Crippen LogP contribution in [0.25, 0.3) is 0 Å². The van der Waals surface area contributed by atoms with Crippen molar-refractivity contribution in [1.82, 2.24) is 15.0 Å². The number of nitrogens with zero attached hydrogens (tertiary/aromatic N) is 5. The van der Waals surface area contributed by atoms with Gasteiger partial charge in [0, 0.05) is 56.9 Å². The van der Waals surface area contributed by atoms with E-state index < -0.39 is 0 Å². The number of anilines is 3. The maximum atomic E-state index is 9.81. The zero-order chi connectivity index (χ0) is 24.2. The largest absolute Gasteiger partial charge is 0.504 e. The minimum atomic E-state index is -0.0401. The molecular weight excluding hydrogens is 436 g/mol. The van der Waals surface area contributed by atoms with Crippen molar-refractivity contribution in [2.75, 3.05) is 55.0 Å². The van der Waals surface area contributed by atoms with Crippen molar-refractivity contribution < 1.29 is 9.84 Å². The number of nitrogens with one attached hydrogen (secondary N) is 1. The average Bonchev–Trinajstić information content (AvgIpc) is 2.78. The summed E-state index contributed by atoms with van der Waals surface area (Å²) in [5.74, 6) is 2.10. The summed E-state index contributed by atoms with van der Waals surface area (Å²) < 4.78 is 5.20. The van der Waals surface area contributed by atoms with Crippen LogP contribution in [0.3, 0.4) is 0 Å². The number of aromatic hydroxyl groups is 1. The van der Waals surface area contributed by atoms with E-state index in [0.717, 1.165) is 18.4 Å². The van der Waals surface area contributed by atoms with Gasteiger partial charge >= 0.3 is 0 Å². The lowest BCUT2D eigenvalue weighted by atomic mass is 10.0. The van der Waals surface area contributed by atoms with Crippen molar-refractivity contribution in [3.8, 4) is 11.5 Å². The number of piperidine rings is 2. The molecular formula is C22H36N10O2. The topological polar surface area (TPSA) is 191 Å². The number of methoxy groups -OCH3 is 1. The van der Waals surface area contributed by atoms with Crippen molar-refractivity contribution >= 4 is 17.8 Å². The molecule has 0 unspecified atom stereocenters. The molecule has 3 heterocycles. The first kappa shape index (κ1) is 24.2. The summed E-state index contributed by atoms with van der Waals surface area (Å²) in [5, 5.41) is 13.1. The highest BCUT2D eigenvalue weighted by molar-refractivity contribution is 5.47. The normalized spacial score (nSPS) is 25.3. The highest BCUT2D eigenvalue weighted by atomic mass is 16.5. The standard InChI is InChI=1S/C22H36N10O2/c1-34-19-6-13(2-3-18(19)33)4-5-27-20-28-21(31-9-14(23)7-15(24)10-31)30-22(29-20)32-11-16(25)8-17(26)12-32/h2-3,6,14-17,33H,4-5,7-12,23-26H2,1H3,(H,27,28,29,30)/t14-,15+,16-,17+. The first-order valence-electron chi connectivity index (χ1n) is 11.7. The van der Waals surface area contributed by atoms with E-state index in [1.54, 1.807) is 6.07 Å². The van der Waals surface area contributed by atoms with Gasteiger partial charge in [0.15, 0.2) is 11.5 Å². The molecule has 2 fully saturated rings. The third kappa shape index (κ3) is 5.95. The molecule has 2 aliphatic heterocycles. The van der Waals surface area contributed by atoms with E-state index in [1.807, 2.05) is 21.9 Å². The SMILES string of the molecule is COc1cc(CCNc2nc(N3C[C@H](N)C[C@H](N)C3)nc(N3C[C@H](N)C[C@H](N)C3)n2)ccc1O. The number of hydrogen-bond acceptors (Lipinski definition) is 12. The lowest BCUT2D eigenvalue weighted by molar-refractivity contribution is 0.373. The first-order valence-corrected chi connectivity index (χ1v) is 11.7. The molecule has 0 bridgehead atoms. The lowest BCUT2D eigenvalue weighted by Gasteiger charge is -2.37. The van der Waals surface area contributed by atoms with Crippen molar-refractivity contribution in [2.24, 2.45) is 22.9 Å². The number of rotatable bonds is 7. The van der Waals surface area contributed by atoms with Gasteiger partial charge in [0.25, 0.3) is 0 Å². The Labute approximate surface area is 199 Å². The Morgan fingerprint density at radius 3 is 1.94 bits per heavy atom. The molecule has 0 amide bonds. The van der Waals surface area contributed by atoms with Crippen LogP contribution in [0.2, 0.25) is 0 Å². The van der Waals surface area contributed by atoms with Crippen LogP contribution in [-0.4, -0.2) is 84.1 Å². The Hall–Kier alpha value is -2.93. The minimum absolute atomic E-state index is 0.0401. The van der Waals surface area contributed by atoms with Crippen molar-refractivity contribution in [1.29, 1.82) is 0 Å². The smallest absolute Gasteiger partial charge is 0.232 e. The molecule has 2 aromatic rings. The zero-order valence-corrected chi connectivity index (χ0v) is 19.6. The van der Waals surface area contributed by atoms with Gasteiger partial charge in [-0.15, -0.1) is 0 Å². The molecule has 2 aliphatic rings. The quantitative estimate of drug-likeness (QED) is 0.288. The molecule has 0 radical (unpaired) electrons. The summed E-state index contributed by atoms with van der Waals surface area (Å²) in [6.45, 7) is 3.09. The van der Waals surface area contributed by atoms with Crippen LogP contribution in [0, 0.1) is 0 Å². The monoisotopic (exact) mass is 472 g/mol. The van der Waals surface area contributed by atoms with Gasteiger partial charge < -0.3 is 47.9 Å². The predicted octanol–water partition coefficient (Wildman–Crippen LogP) is -1.03. The van der Waals surface area contributed by atoms with Gasteiger partial charge in [-0.1, -0.05) is 6.07 Å². The van der Waals surface area contributed by atoms with E-state index in [4.69, 9.17) is 32.7 Å². The Morgan fingerprint density at radius 1 is 0.912 bits per heavy atom. The number of benzene rings is 1. The molecule has 12 nitrogen and oxygen atoms in total. The van der Waals surface area contributed by atoms with E-state index in [2.05, 4.69) is 15.3 Å². The number of hydrogen-bond donors (Lipinski definition) is 6. The predicted molar refractivity (Wildman–Crippen MR) is 132 cm³/mol. The molecule has 4 rings (SSSR count). The summed E-state index contributed by atoms with van der Waals surface area (Å²) in [5.41, 5.74) is 25.8. The van der Waals surface area contributed by atoms with Gasteiger partial charge in [-0.05, 0) is 37.0 Å². The van der Waals surface area contributed by atoms with E-state index in [0.29, 0.717) is 62.7 Å². The summed E-state index contributed by atoms with van der Waals surface area (Å²) in [7, 11) is 1.53. The van der Waals surface area contributed by atoms with E-state index in [9.17, 15) is 5.11 Å². The molecule has 0 spiro atoms. The van der Waals surface area contributed by atoms with E-state index >= 15 is 0 Å². The maximum absolute atomic E-state index is 9.81. The number of ether oxygens (including phenoxy) is 1. The van der Waals surface area contributed by atoms with Crippen LogP contribution in [0.5, 0.6) is 11.5 Å². The average molecular weight is 473 g/mol. The molecule has 10 N–H and O–H groups in total. The summed E-state index contributed by atoms with van der Waals surface area (Å²) in [6.07, 6.45) is 2.23. The molecule has 12 heteroatoms. The molecule has 2 saturated heterocycles. The third-order valence-corrected chi connectivity index (χ3v) is 6.15. The minimum Gasteiger partial charge on any atom is -0.504 e. The second-order valence-electron chi connectivity index (χ2n) is 9.26. The first-order chi connectivity index (χ1) is 16.3. The summed E-state index contributed by atoms with van der Waals surface area (Å²) >= 11 is 0. The van der Waals surface area contributed by atoms with Crippen LogP contribution in [0.4, 0.5) is 17.8 Å². The van der Waals surface area contributed by atoms with Gasteiger partial charge in [-0.2, -0.15) is 15.0 Å². The van der Waals surface area contributed by atoms with E-state index in [1.165, 1.54) is 7.11 Å². The van der Waals surface area contributed by atoms with Crippen LogP contribution in [-0.2, 0) is 6.42 Å². The molecule has 1 aromatic heterocycles. The van der Waals surface area contributed by atoms with Gasteiger partial charge in [0.2, 0.25) is 17.8 Å². The Kier molecular flexibility index (Phi) is 7.51. The van der Waals surface area contributed by atoms with E-state index in [-0.39, 0.29) is 29.9 Å². The molecule has 0 aliphatic carbocycles. The fraction of sp³-hybridized carbons (Fsp3) is 0.591. The van der Waals surface area contributed by atoms with Gasteiger partial charge in [0.1, 0.15) is 0 Å². The zero-order valence-electron chi connectivity index (χ0n) is 19.6. The maximum Gasteiger partial charge on any atom is 0.232 e. The van der Waals surface area contributed by atoms with Crippen LogP contribution < -0.4 is 42.8 Å². The fourth-order valence-electron chi connectivity index (χ4n) is 4.60. The second kappa shape index (κ2) is 10.6. The number of phenolic OH excluding ortho intramolecular Hbond substituents is 1. The molecule has 186 valence electrons. The molecule has 34 heavy (non-hydrogen) atoms. The summed E-state index contributed by atoms with van der Waals surface area (Å²) in [4.78, 5) is 18.1. The van der Waals surface area contributed by atoms with Crippen molar-refractivity contribution in [3.05, 3.63) is 23.8 Å². The van der Waals surface area contributed by atoms with Crippen molar-refractivity contribution in [2.45, 2.75) is 43.4 Å². The third-order valence-electron chi connectivity index (χ3n) is 6.15. The molecule has 4 atom stereocenters. The van der Waals surface area contributed by atoms with Crippen LogP contribution in [0.15, 0.2) is 18.2 Å². The van der Waals surface area contributed by atoms with Crippen LogP contribution >= 0.6 is 0 Å².